The number of nitrogens with zero attached hydrogens (tertiary/aromatic N) is 1. The molecule has 17 heavy (non-hydrogen) atoms. The first-order valence-corrected chi connectivity index (χ1v) is 5.53. The molecule has 0 amide bonds. The smallest absolute Gasteiger partial charge is 0.0915 e. The van der Waals surface area contributed by atoms with Gasteiger partial charge in [-0.1, -0.05) is 54.6 Å². The molecule has 0 bridgehead atoms. The minimum Gasteiger partial charge on any atom is -0.193 e. The second-order valence-electron chi connectivity index (χ2n) is 3.90. The van der Waals surface area contributed by atoms with Gasteiger partial charge in [-0.15, -0.1) is 0 Å². The summed E-state index contributed by atoms with van der Waals surface area (Å²) in [4.78, 5) is 0. The Bertz CT molecular complexity index is 557. The van der Waals surface area contributed by atoms with E-state index in [1.165, 1.54) is 11.1 Å². The molecule has 0 aliphatic carbocycles. The van der Waals surface area contributed by atoms with Crippen molar-refractivity contribution in [3.63, 3.8) is 0 Å². The van der Waals surface area contributed by atoms with E-state index in [0.29, 0.717) is 0 Å². The maximum Gasteiger partial charge on any atom is 0.0915 e. The van der Waals surface area contributed by atoms with Gasteiger partial charge in [-0.25, -0.2) is 0 Å². The molecule has 0 saturated carbocycles. The zero-order chi connectivity index (χ0) is 12.1. The van der Waals surface area contributed by atoms with Crippen molar-refractivity contribution < 1.29 is 0 Å². The van der Waals surface area contributed by atoms with Crippen LogP contribution in [0.5, 0.6) is 0 Å². The normalized spacial score (nSPS) is 10.9. The van der Waals surface area contributed by atoms with E-state index in [-0.39, 0.29) is 0 Å². The van der Waals surface area contributed by atoms with Gasteiger partial charge in [0.25, 0.3) is 0 Å². The summed E-state index contributed by atoms with van der Waals surface area (Å²) in [6.45, 7) is 1.95. The first kappa shape index (κ1) is 11.2. The third-order valence-electron chi connectivity index (χ3n) is 2.73. The Morgan fingerprint density at radius 2 is 1.53 bits per heavy atom. The third kappa shape index (κ3) is 2.62. The number of rotatable bonds is 2. The van der Waals surface area contributed by atoms with Crippen LogP contribution in [0.25, 0.3) is 16.7 Å². The Morgan fingerprint density at radius 3 is 2.12 bits per heavy atom. The second kappa shape index (κ2) is 5.14. The van der Waals surface area contributed by atoms with Gasteiger partial charge in [0, 0.05) is 6.08 Å². The summed E-state index contributed by atoms with van der Waals surface area (Å²) in [6.07, 6.45) is 1.57. The number of benzene rings is 2. The molecule has 2 rings (SSSR count). The Hall–Kier alpha value is -2.33. The van der Waals surface area contributed by atoms with E-state index >= 15 is 0 Å². The van der Waals surface area contributed by atoms with Gasteiger partial charge < -0.3 is 0 Å². The fourth-order valence-corrected chi connectivity index (χ4v) is 1.74. The maximum atomic E-state index is 8.60. The van der Waals surface area contributed by atoms with Crippen LogP contribution in [-0.2, 0) is 0 Å². The highest BCUT2D eigenvalue weighted by molar-refractivity contribution is 5.70. The fraction of sp³-hybridized carbons (Fsp3) is 0.0625. The summed E-state index contributed by atoms with van der Waals surface area (Å²) in [5.41, 5.74) is 4.48. The van der Waals surface area contributed by atoms with Gasteiger partial charge in [-0.2, -0.15) is 5.26 Å². The standard InChI is InChI=1S/C16H13N/c1-13(11-12-17)14-7-9-16(10-8-14)15-5-3-2-4-6-15/h2-11H,1H3/b13-11+. The van der Waals surface area contributed by atoms with Gasteiger partial charge in [0.1, 0.15) is 0 Å². The lowest BCUT2D eigenvalue weighted by molar-refractivity contribution is 1.51. The molecular weight excluding hydrogens is 206 g/mol. The van der Waals surface area contributed by atoms with Crippen LogP contribution < -0.4 is 0 Å². The van der Waals surface area contributed by atoms with E-state index in [4.69, 9.17) is 5.26 Å². The highest BCUT2D eigenvalue weighted by atomic mass is 14.2. The Labute approximate surface area is 102 Å². The Morgan fingerprint density at radius 1 is 0.941 bits per heavy atom. The molecule has 0 aromatic heterocycles. The summed E-state index contributed by atoms with van der Waals surface area (Å²) >= 11 is 0. The molecule has 0 aliphatic heterocycles. The largest absolute Gasteiger partial charge is 0.193 e. The maximum absolute atomic E-state index is 8.60. The molecule has 0 fully saturated rings. The van der Waals surface area contributed by atoms with Gasteiger partial charge in [0.2, 0.25) is 0 Å². The van der Waals surface area contributed by atoms with E-state index in [1.54, 1.807) is 6.08 Å². The van der Waals surface area contributed by atoms with Crippen molar-refractivity contribution >= 4 is 5.57 Å². The highest BCUT2D eigenvalue weighted by Crippen LogP contribution is 2.21. The highest BCUT2D eigenvalue weighted by Gasteiger charge is 1.98. The molecule has 82 valence electrons. The average molecular weight is 219 g/mol. The first-order chi connectivity index (χ1) is 8.31. The summed E-state index contributed by atoms with van der Waals surface area (Å²) in [7, 11) is 0. The zero-order valence-corrected chi connectivity index (χ0v) is 9.72. The molecule has 2 aromatic carbocycles. The van der Waals surface area contributed by atoms with Crippen LogP contribution in [0.15, 0.2) is 60.7 Å². The predicted molar refractivity (Wildman–Crippen MR) is 71.1 cm³/mol. The van der Waals surface area contributed by atoms with Crippen molar-refractivity contribution in [3.05, 3.63) is 66.2 Å². The summed E-state index contributed by atoms with van der Waals surface area (Å²) in [5, 5.41) is 8.60. The van der Waals surface area contributed by atoms with Crippen LogP contribution >= 0.6 is 0 Å². The van der Waals surface area contributed by atoms with Crippen molar-refractivity contribution in [1.82, 2.24) is 0 Å². The van der Waals surface area contributed by atoms with Gasteiger partial charge >= 0.3 is 0 Å². The molecular formula is C16H13N. The van der Waals surface area contributed by atoms with Crippen molar-refractivity contribution in [2.45, 2.75) is 6.92 Å². The van der Waals surface area contributed by atoms with Crippen LogP contribution in [0, 0.1) is 11.3 Å². The molecule has 0 saturated heterocycles. The van der Waals surface area contributed by atoms with Crippen LogP contribution in [0.1, 0.15) is 12.5 Å². The summed E-state index contributed by atoms with van der Waals surface area (Å²) < 4.78 is 0. The monoisotopic (exact) mass is 219 g/mol. The Kier molecular flexibility index (Phi) is 3.37. The third-order valence-corrected chi connectivity index (χ3v) is 2.73. The second-order valence-corrected chi connectivity index (χ2v) is 3.90. The van der Waals surface area contributed by atoms with E-state index in [9.17, 15) is 0 Å². The number of nitriles is 1. The topological polar surface area (TPSA) is 23.8 Å². The van der Waals surface area contributed by atoms with Crippen molar-refractivity contribution in [2.24, 2.45) is 0 Å². The molecule has 0 spiro atoms. The molecule has 0 aliphatic rings. The minimum atomic E-state index is 0.993. The number of hydrogen-bond acceptors (Lipinski definition) is 1. The van der Waals surface area contributed by atoms with Gasteiger partial charge in [-0.3, -0.25) is 0 Å². The lowest BCUT2D eigenvalue weighted by Gasteiger charge is -2.04. The zero-order valence-electron chi connectivity index (χ0n) is 9.72. The van der Waals surface area contributed by atoms with Gasteiger partial charge in [-0.05, 0) is 29.2 Å². The van der Waals surface area contributed by atoms with Crippen molar-refractivity contribution in [3.8, 4) is 17.2 Å². The van der Waals surface area contributed by atoms with Gasteiger partial charge in [0.05, 0.1) is 6.07 Å². The number of allylic oxidation sites excluding steroid dienone is 2. The summed E-state index contributed by atoms with van der Waals surface area (Å²) in [5.74, 6) is 0. The number of hydrogen-bond donors (Lipinski definition) is 0. The molecule has 1 nitrogen and oxygen atoms in total. The van der Waals surface area contributed by atoms with E-state index in [1.807, 2.05) is 37.3 Å². The molecule has 0 unspecified atom stereocenters. The van der Waals surface area contributed by atoms with Crippen LogP contribution in [0.4, 0.5) is 0 Å². The van der Waals surface area contributed by atoms with Crippen molar-refractivity contribution in [1.29, 1.82) is 5.26 Å². The molecule has 0 heterocycles. The van der Waals surface area contributed by atoms with E-state index in [2.05, 4.69) is 30.3 Å². The molecule has 0 radical (unpaired) electrons. The minimum absolute atomic E-state index is 0.993. The lowest BCUT2D eigenvalue weighted by atomic mass is 10.0. The van der Waals surface area contributed by atoms with Crippen molar-refractivity contribution in [2.75, 3.05) is 0 Å². The molecule has 2 aromatic rings. The summed E-state index contributed by atoms with van der Waals surface area (Å²) in [6, 6.07) is 20.6. The van der Waals surface area contributed by atoms with Crippen LogP contribution in [0.3, 0.4) is 0 Å². The van der Waals surface area contributed by atoms with E-state index in [0.717, 1.165) is 11.1 Å². The quantitative estimate of drug-likeness (QED) is 0.691. The molecule has 0 N–H and O–H groups in total. The van der Waals surface area contributed by atoms with Crippen LogP contribution in [0.2, 0.25) is 0 Å². The molecule has 0 atom stereocenters. The fourth-order valence-electron chi connectivity index (χ4n) is 1.74. The SMILES string of the molecule is C/C(=C\C#N)c1ccc(-c2ccccc2)cc1. The molecule has 1 heteroatoms. The first-order valence-electron chi connectivity index (χ1n) is 5.53. The Balaban J connectivity index is 2.32. The van der Waals surface area contributed by atoms with Crippen LogP contribution in [-0.4, -0.2) is 0 Å². The van der Waals surface area contributed by atoms with Gasteiger partial charge in [0.15, 0.2) is 0 Å². The average Bonchev–Trinajstić information content (AvgIpc) is 2.40. The van der Waals surface area contributed by atoms with E-state index < -0.39 is 0 Å². The lowest BCUT2D eigenvalue weighted by Crippen LogP contribution is -1.81. The predicted octanol–water partition coefficient (Wildman–Crippen LogP) is 4.28.